The van der Waals surface area contributed by atoms with Gasteiger partial charge in [-0.1, -0.05) is 119 Å². The summed E-state index contributed by atoms with van der Waals surface area (Å²) >= 11 is 0. The second kappa shape index (κ2) is 12.3. The third kappa shape index (κ3) is 5.08. The Bertz CT molecular complexity index is 3070. The van der Waals surface area contributed by atoms with Crippen molar-refractivity contribution >= 4 is 60.1 Å². The average Bonchev–Trinajstić information content (AvgIpc) is 3.74. The van der Waals surface area contributed by atoms with Crippen molar-refractivity contribution in [3.8, 4) is 16.8 Å². The molecule has 11 rings (SSSR count). The van der Waals surface area contributed by atoms with E-state index in [0.29, 0.717) is 0 Å². The summed E-state index contributed by atoms with van der Waals surface area (Å²) in [5, 5.41) is 7.68. The van der Waals surface area contributed by atoms with Crippen molar-refractivity contribution in [2.45, 2.75) is 66.2 Å². The highest BCUT2D eigenvalue weighted by Gasteiger charge is 2.42. The van der Waals surface area contributed by atoms with Gasteiger partial charge in [-0.3, -0.25) is 0 Å². The van der Waals surface area contributed by atoms with E-state index in [2.05, 4.69) is 182 Å². The second-order valence-corrected chi connectivity index (χ2v) is 17.8. The maximum atomic E-state index is 2.57. The fraction of sp³-hybridized carbons (Fsp3) is 0.222. The molecule has 6 aromatic carbocycles. The van der Waals surface area contributed by atoms with Gasteiger partial charge >= 0.3 is 0 Å². The highest BCUT2D eigenvalue weighted by Crippen LogP contribution is 2.56. The number of fused-ring (bicyclic) bond motifs is 8. The molecule has 1 fully saturated rings. The van der Waals surface area contributed by atoms with E-state index in [0.717, 1.165) is 25.7 Å². The predicted octanol–water partition coefficient (Wildman–Crippen LogP) is 15.1. The van der Waals surface area contributed by atoms with Crippen molar-refractivity contribution in [1.29, 1.82) is 0 Å². The summed E-state index contributed by atoms with van der Waals surface area (Å²) in [7, 11) is 0. The normalized spacial score (nSPS) is 18.1. The molecule has 2 heteroatoms. The van der Waals surface area contributed by atoms with Gasteiger partial charge in [-0.25, -0.2) is 0 Å². The van der Waals surface area contributed by atoms with Crippen LogP contribution >= 0.6 is 0 Å². The van der Waals surface area contributed by atoms with E-state index in [4.69, 9.17) is 0 Å². The SMILES string of the molecule is CC1(C)CCC(C)(C)C2=C(C3=CC(n4c5ccccc5c5cc(-c6ccc7c(c6)c6ccccc6n7-c6ccc7ccccc7c6)ccc54)=CCC3)CCC=C21. The topological polar surface area (TPSA) is 9.86 Å². The van der Waals surface area contributed by atoms with Crippen molar-refractivity contribution in [3.05, 3.63) is 168 Å². The van der Waals surface area contributed by atoms with Crippen LogP contribution in [0.5, 0.6) is 0 Å². The number of aromatic nitrogens is 2. The molecule has 0 amide bonds. The van der Waals surface area contributed by atoms with Crippen LogP contribution in [0, 0.1) is 10.8 Å². The zero-order chi connectivity index (χ0) is 37.8. The smallest absolute Gasteiger partial charge is 0.0541 e. The lowest BCUT2D eigenvalue weighted by molar-refractivity contribution is 0.254. The van der Waals surface area contributed by atoms with Crippen LogP contribution in [0.1, 0.15) is 66.2 Å². The zero-order valence-corrected chi connectivity index (χ0v) is 33.0. The Morgan fingerprint density at radius 3 is 1.80 bits per heavy atom. The van der Waals surface area contributed by atoms with Crippen molar-refractivity contribution in [1.82, 2.24) is 9.13 Å². The molecule has 0 spiro atoms. The zero-order valence-electron chi connectivity index (χ0n) is 33.0. The maximum absolute atomic E-state index is 2.57. The Balaban J connectivity index is 1.03. The molecule has 2 nitrogen and oxygen atoms in total. The molecule has 0 atom stereocenters. The van der Waals surface area contributed by atoms with Crippen LogP contribution in [0.4, 0.5) is 0 Å². The second-order valence-electron chi connectivity index (χ2n) is 17.8. The fourth-order valence-corrected chi connectivity index (χ4v) is 10.6. The van der Waals surface area contributed by atoms with Gasteiger partial charge in [0.15, 0.2) is 0 Å². The first kappa shape index (κ1) is 33.5. The highest BCUT2D eigenvalue weighted by molar-refractivity contribution is 6.13. The van der Waals surface area contributed by atoms with Gasteiger partial charge in [0.05, 0.1) is 22.1 Å². The molecule has 1 saturated carbocycles. The number of hydrogen-bond donors (Lipinski definition) is 0. The number of hydrogen-bond acceptors (Lipinski definition) is 0. The van der Waals surface area contributed by atoms with Crippen LogP contribution in [0.3, 0.4) is 0 Å². The lowest BCUT2D eigenvalue weighted by Crippen LogP contribution is -2.34. The maximum Gasteiger partial charge on any atom is 0.0541 e. The van der Waals surface area contributed by atoms with Gasteiger partial charge in [-0.2, -0.15) is 0 Å². The van der Waals surface area contributed by atoms with Crippen LogP contribution in [-0.2, 0) is 0 Å². The lowest BCUT2D eigenvalue weighted by Gasteiger charge is -2.47. The molecule has 0 radical (unpaired) electrons. The summed E-state index contributed by atoms with van der Waals surface area (Å²) in [6.07, 6.45) is 14.6. The fourth-order valence-electron chi connectivity index (χ4n) is 10.6. The Kier molecular flexibility index (Phi) is 7.37. The van der Waals surface area contributed by atoms with Gasteiger partial charge in [0.1, 0.15) is 0 Å². The summed E-state index contributed by atoms with van der Waals surface area (Å²) < 4.78 is 4.96. The quantitative estimate of drug-likeness (QED) is 0.171. The van der Waals surface area contributed by atoms with Crippen LogP contribution in [0.2, 0.25) is 0 Å². The van der Waals surface area contributed by atoms with Crippen molar-refractivity contribution < 1.29 is 0 Å². The molecule has 2 heterocycles. The third-order valence-corrected chi connectivity index (χ3v) is 13.5. The first-order valence-corrected chi connectivity index (χ1v) is 20.7. The Morgan fingerprint density at radius 2 is 1.07 bits per heavy atom. The van der Waals surface area contributed by atoms with Crippen molar-refractivity contribution in [2.75, 3.05) is 0 Å². The minimum Gasteiger partial charge on any atom is -0.310 e. The van der Waals surface area contributed by atoms with E-state index in [1.807, 2.05) is 0 Å². The molecule has 0 saturated heterocycles. The van der Waals surface area contributed by atoms with Gasteiger partial charge in [0.2, 0.25) is 0 Å². The summed E-state index contributed by atoms with van der Waals surface area (Å²) in [5.41, 5.74) is 16.9. The van der Waals surface area contributed by atoms with Gasteiger partial charge in [0, 0.05) is 32.9 Å². The first-order valence-electron chi connectivity index (χ1n) is 20.7. The number of para-hydroxylation sites is 2. The molecule has 0 N–H and O–H groups in total. The molecule has 0 bridgehead atoms. The van der Waals surface area contributed by atoms with Gasteiger partial charge in [-0.15, -0.1) is 0 Å². The molecule has 274 valence electrons. The number of benzene rings is 6. The molecule has 2 aromatic heterocycles. The molecule has 56 heavy (non-hydrogen) atoms. The molecular formula is C54H48N2. The standard InChI is InChI=1S/C54H48N2/c1-53(2)29-30-54(3,4)52-42(19-12-20-47(52)53)39-15-11-16-40(32-39)55-48-21-9-7-17-43(48)45-33-37(24-27-50(45)55)38-25-28-51-46(34-38)44-18-8-10-22-49(44)56(51)41-26-23-35-13-5-6-14-36(35)31-41/h5-10,13-14,16-18,20-28,31-34H,11-12,15,19,29-30H2,1-4H3. The Hall–Kier alpha value is -5.86. The number of allylic oxidation sites excluding steroid dienone is 8. The summed E-state index contributed by atoms with van der Waals surface area (Å²) in [4.78, 5) is 0. The van der Waals surface area contributed by atoms with Crippen molar-refractivity contribution in [3.63, 3.8) is 0 Å². The van der Waals surface area contributed by atoms with Crippen molar-refractivity contribution in [2.24, 2.45) is 10.8 Å². The van der Waals surface area contributed by atoms with Gasteiger partial charge < -0.3 is 9.13 Å². The molecule has 3 aliphatic rings. The van der Waals surface area contributed by atoms with Crippen LogP contribution in [-0.4, -0.2) is 9.13 Å². The van der Waals surface area contributed by atoms with Crippen LogP contribution in [0.15, 0.2) is 168 Å². The molecule has 0 aliphatic heterocycles. The molecule has 3 aliphatic carbocycles. The number of rotatable bonds is 4. The minimum atomic E-state index is 0.205. The van der Waals surface area contributed by atoms with E-state index in [1.54, 1.807) is 22.3 Å². The van der Waals surface area contributed by atoms with E-state index < -0.39 is 0 Å². The number of nitrogens with zero attached hydrogens (tertiary/aromatic N) is 2. The summed E-state index contributed by atoms with van der Waals surface area (Å²) in [6, 6.07) is 47.5. The minimum absolute atomic E-state index is 0.205. The average molecular weight is 725 g/mol. The van der Waals surface area contributed by atoms with Crippen LogP contribution < -0.4 is 0 Å². The summed E-state index contributed by atoms with van der Waals surface area (Å²) in [5.74, 6) is 0. The van der Waals surface area contributed by atoms with Gasteiger partial charge in [0.25, 0.3) is 0 Å². The predicted molar refractivity (Wildman–Crippen MR) is 239 cm³/mol. The van der Waals surface area contributed by atoms with E-state index in [9.17, 15) is 0 Å². The Morgan fingerprint density at radius 1 is 0.482 bits per heavy atom. The van der Waals surface area contributed by atoms with Crippen LogP contribution in [0.25, 0.3) is 76.9 Å². The highest BCUT2D eigenvalue weighted by atomic mass is 15.0. The van der Waals surface area contributed by atoms with Gasteiger partial charge in [-0.05, 0) is 148 Å². The molecule has 0 unspecified atom stereocenters. The summed E-state index contributed by atoms with van der Waals surface area (Å²) in [6.45, 7) is 9.91. The third-order valence-electron chi connectivity index (χ3n) is 13.5. The first-order chi connectivity index (χ1) is 27.2. The monoisotopic (exact) mass is 724 g/mol. The van der Waals surface area contributed by atoms with E-state index in [-0.39, 0.29) is 10.8 Å². The molecule has 8 aromatic rings. The lowest BCUT2D eigenvalue weighted by atomic mass is 9.57. The van der Waals surface area contributed by atoms with E-state index >= 15 is 0 Å². The molecular weight excluding hydrogens is 677 g/mol. The largest absolute Gasteiger partial charge is 0.310 e. The Labute approximate surface area is 329 Å². The van der Waals surface area contributed by atoms with E-state index in [1.165, 1.54) is 89.7 Å².